The lowest BCUT2D eigenvalue weighted by Gasteiger charge is -2.08. The molecule has 0 amide bonds. The van der Waals surface area contributed by atoms with Crippen LogP contribution in [0.3, 0.4) is 0 Å². The van der Waals surface area contributed by atoms with Gasteiger partial charge in [-0.2, -0.15) is 0 Å². The van der Waals surface area contributed by atoms with Gasteiger partial charge in [-0.25, -0.2) is 4.39 Å². The number of nitrogens with zero attached hydrogens (tertiary/aromatic N) is 1. The molecular formula is C15H16BrFN2O. The number of hydrogen-bond donors (Lipinski definition) is 1. The van der Waals surface area contributed by atoms with Crippen LogP contribution in [0.4, 0.5) is 4.39 Å². The van der Waals surface area contributed by atoms with Crippen molar-refractivity contribution in [1.29, 1.82) is 0 Å². The Bertz CT molecular complexity index is 578. The predicted octanol–water partition coefficient (Wildman–Crippen LogP) is 4.28. The van der Waals surface area contributed by atoms with Crippen molar-refractivity contribution in [3.8, 4) is 11.5 Å². The fourth-order valence-electron chi connectivity index (χ4n) is 1.69. The molecule has 5 heteroatoms. The van der Waals surface area contributed by atoms with Crippen LogP contribution in [0, 0.1) is 5.82 Å². The summed E-state index contributed by atoms with van der Waals surface area (Å²) in [5.41, 5.74) is 0.897. The number of halogens is 2. The highest BCUT2D eigenvalue weighted by Crippen LogP contribution is 2.25. The van der Waals surface area contributed by atoms with Gasteiger partial charge in [0.1, 0.15) is 17.3 Å². The number of rotatable bonds is 6. The number of aromatic nitrogens is 1. The van der Waals surface area contributed by atoms with Crippen molar-refractivity contribution < 1.29 is 9.13 Å². The topological polar surface area (TPSA) is 34.1 Å². The normalized spacial score (nSPS) is 10.6. The molecule has 1 aromatic heterocycles. The van der Waals surface area contributed by atoms with E-state index < -0.39 is 0 Å². The predicted molar refractivity (Wildman–Crippen MR) is 80.4 cm³/mol. The zero-order valence-corrected chi connectivity index (χ0v) is 12.8. The molecule has 1 N–H and O–H groups in total. The fourth-order valence-corrected chi connectivity index (χ4v) is 1.93. The summed E-state index contributed by atoms with van der Waals surface area (Å²) in [7, 11) is 0. The second-order valence-electron chi connectivity index (χ2n) is 4.34. The van der Waals surface area contributed by atoms with Crippen LogP contribution >= 0.6 is 15.9 Å². The SMILES string of the molecule is CCCNCc1cc(Oc2ccc(Br)c(F)c2)ccn1. The van der Waals surface area contributed by atoms with E-state index in [0.717, 1.165) is 18.7 Å². The standard InChI is InChI=1S/C15H16BrFN2O/c1-2-6-18-10-11-8-13(5-7-19-11)20-12-3-4-14(16)15(17)9-12/h3-5,7-9,18H,2,6,10H2,1H3. The molecule has 0 fully saturated rings. The average Bonchev–Trinajstić information content (AvgIpc) is 2.44. The smallest absolute Gasteiger partial charge is 0.141 e. The Labute approximate surface area is 126 Å². The first-order valence-corrected chi connectivity index (χ1v) is 7.27. The van der Waals surface area contributed by atoms with E-state index in [-0.39, 0.29) is 5.82 Å². The molecule has 20 heavy (non-hydrogen) atoms. The summed E-state index contributed by atoms with van der Waals surface area (Å²) >= 11 is 3.11. The number of hydrogen-bond acceptors (Lipinski definition) is 3. The van der Waals surface area contributed by atoms with Crippen LogP contribution < -0.4 is 10.1 Å². The molecule has 0 saturated heterocycles. The van der Waals surface area contributed by atoms with Crippen molar-refractivity contribution in [1.82, 2.24) is 10.3 Å². The first-order valence-electron chi connectivity index (χ1n) is 6.47. The van der Waals surface area contributed by atoms with Crippen molar-refractivity contribution in [2.24, 2.45) is 0 Å². The summed E-state index contributed by atoms with van der Waals surface area (Å²) in [6, 6.07) is 8.28. The highest BCUT2D eigenvalue weighted by molar-refractivity contribution is 9.10. The quantitative estimate of drug-likeness (QED) is 0.798. The molecular weight excluding hydrogens is 323 g/mol. The molecule has 0 aliphatic carbocycles. The van der Waals surface area contributed by atoms with Crippen LogP contribution in [0.25, 0.3) is 0 Å². The molecule has 0 saturated carbocycles. The van der Waals surface area contributed by atoms with E-state index in [1.165, 1.54) is 6.07 Å². The van der Waals surface area contributed by atoms with Crippen molar-refractivity contribution in [2.45, 2.75) is 19.9 Å². The van der Waals surface area contributed by atoms with E-state index in [1.54, 1.807) is 24.4 Å². The van der Waals surface area contributed by atoms with Crippen LogP contribution in [0.1, 0.15) is 19.0 Å². The third-order valence-electron chi connectivity index (χ3n) is 2.65. The molecule has 3 nitrogen and oxygen atoms in total. The summed E-state index contributed by atoms with van der Waals surface area (Å²) in [4.78, 5) is 4.26. The van der Waals surface area contributed by atoms with Gasteiger partial charge in [0, 0.05) is 24.9 Å². The Hall–Kier alpha value is -1.46. The number of ether oxygens (including phenoxy) is 1. The Kier molecular flexibility index (Phi) is 5.49. The lowest BCUT2D eigenvalue weighted by molar-refractivity contribution is 0.474. The number of nitrogens with one attached hydrogen (secondary N) is 1. The molecule has 0 atom stereocenters. The van der Waals surface area contributed by atoms with Gasteiger partial charge in [0.25, 0.3) is 0 Å². The summed E-state index contributed by atoms with van der Waals surface area (Å²) in [6.07, 6.45) is 2.77. The maximum absolute atomic E-state index is 13.4. The molecule has 0 bridgehead atoms. The average molecular weight is 339 g/mol. The minimum absolute atomic E-state index is 0.346. The minimum Gasteiger partial charge on any atom is -0.457 e. The first kappa shape index (κ1) is 14.9. The van der Waals surface area contributed by atoms with Gasteiger partial charge in [-0.15, -0.1) is 0 Å². The van der Waals surface area contributed by atoms with Crippen molar-refractivity contribution in [2.75, 3.05) is 6.54 Å². The highest BCUT2D eigenvalue weighted by atomic mass is 79.9. The zero-order chi connectivity index (χ0) is 14.4. The van der Waals surface area contributed by atoms with Gasteiger partial charge in [0.05, 0.1) is 10.2 Å². The van der Waals surface area contributed by atoms with Gasteiger partial charge in [0.15, 0.2) is 0 Å². The van der Waals surface area contributed by atoms with E-state index >= 15 is 0 Å². The van der Waals surface area contributed by atoms with Crippen LogP contribution in [-0.2, 0) is 6.54 Å². The third kappa shape index (κ3) is 4.28. The molecule has 0 aliphatic rings. The molecule has 0 aliphatic heterocycles. The van der Waals surface area contributed by atoms with Gasteiger partial charge in [0.2, 0.25) is 0 Å². The van der Waals surface area contributed by atoms with E-state index in [4.69, 9.17) is 4.74 Å². The van der Waals surface area contributed by atoms with Crippen molar-refractivity contribution in [3.05, 3.63) is 52.5 Å². The van der Waals surface area contributed by atoms with E-state index in [9.17, 15) is 4.39 Å². The molecule has 0 spiro atoms. The summed E-state index contributed by atoms with van der Waals surface area (Å²) in [6.45, 7) is 3.76. The van der Waals surface area contributed by atoms with Crippen LogP contribution in [0.5, 0.6) is 11.5 Å². The lowest BCUT2D eigenvalue weighted by atomic mass is 10.3. The summed E-state index contributed by atoms with van der Waals surface area (Å²) < 4.78 is 19.5. The molecule has 106 valence electrons. The fraction of sp³-hybridized carbons (Fsp3) is 0.267. The summed E-state index contributed by atoms with van der Waals surface area (Å²) in [5.74, 6) is 0.765. The lowest BCUT2D eigenvalue weighted by Crippen LogP contribution is -2.14. The molecule has 2 rings (SSSR count). The van der Waals surface area contributed by atoms with Gasteiger partial charge in [-0.1, -0.05) is 6.92 Å². The third-order valence-corrected chi connectivity index (χ3v) is 3.29. The monoisotopic (exact) mass is 338 g/mol. The Morgan fingerprint density at radius 1 is 1.25 bits per heavy atom. The highest BCUT2D eigenvalue weighted by Gasteiger charge is 2.04. The maximum Gasteiger partial charge on any atom is 0.141 e. The Morgan fingerprint density at radius 3 is 2.80 bits per heavy atom. The van der Waals surface area contributed by atoms with Gasteiger partial charge in [-0.05, 0) is 47.1 Å². The molecule has 0 unspecified atom stereocenters. The maximum atomic E-state index is 13.4. The van der Waals surface area contributed by atoms with Crippen molar-refractivity contribution >= 4 is 15.9 Å². The first-order chi connectivity index (χ1) is 9.69. The van der Waals surface area contributed by atoms with E-state index in [1.807, 2.05) is 6.07 Å². The molecule has 1 aromatic carbocycles. The largest absolute Gasteiger partial charge is 0.457 e. The summed E-state index contributed by atoms with van der Waals surface area (Å²) in [5, 5.41) is 3.27. The minimum atomic E-state index is -0.346. The van der Waals surface area contributed by atoms with E-state index in [0.29, 0.717) is 22.5 Å². The van der Waals surface area contributed by atoms with E-state index in [2.05, 4.69) is 33.2 Å². The molecule has 2 aromatic rings. The zero-order valence-electron chi connectivity index (χ0n) is 11.2. The van der Waals surface area contributed by atoms with Crippen LogP contribution in [-0.4, -0.2) is 11.5 Å². The Morgan fingerprint density at radius 2 is 2.05 bits per heavy atom. The molecule has 0 radical (unpaired) electrons. The molecule has 1 heterocycles. The Balaban J connectivity index is 2.05. The van der Waals surface area contributed by atoms with Crippen LogP contribution in [0.2, 0.25) is 0 Å². The second kappa shape index (κ2) is 7.36. The second-order valence-corrected chi connectivity index (χ2v) is 5.19. The van der Waals surface area contributed by atoms with Crippen LogP contribution in [0.15, 0.2) is 41.0 Å². The number of pyridine rings is 1. The van der Waals surface area contributed by atoms with Crippen molar-refractivity contribution in [3.63, 3.8) is 0 Å². The number of benzene rings is 1. The van der Waals surface area contributed by atoms with Gasteiger partial charge < -0.3 is 10.1 Å². The van der Waals surface area contributed by atoms with Gasteiger partial charge >= 0.3 is 0 Å². The van der Waals surface area contributed by atoms with Gasteiger partial charge in [-0.3, -0.25) is 4.98 Å².